The van der Waals surface area contributed by atoms with Gasteiger partial charge in [0, 0.05) is 42.5 Å². The van der Waals surface area contributed by atoms with Gasteiger partial charge in [-0.3, -0.25) is 0 Å². The summed E-state index contributed by atoms with van der Waals surface area (Å²) in [6.45, 7) is 4.94. The van der Waals surface area contributed by atoms with E-state index in [4.69, 9.17) is 21.1 Å². The summed E-state index contributed by atoms with van der Waals surface area (Å²) in [5.74, 6) is 0.744. The van der Waals surface area contributed by atoms with Gasteiger partial charge in [-0.05, 0) is 42.7 Å². The molecule has 5 rings (SSSR count). The molecule has 36 heavy (non-hydrogen) atoms. The van der Waals surface area contributed by atoms with Crippen molar-refractivity contribution in [3.63, 3.8) is 0 Å². The van der Waals surface area contributed by atoms with Crippen molar-refractivity contribution < 1.29 is 9.47 Å². The molecule has 2 aliphatic rings. The van der Waals surface area contributed by atoms with Gasteiger partial charge in [0.2, 0.25) is 11.8 Å². The first kappa shape index (κ1) is 24.3. The minimum Gasteiger partial charge on any atom is -0.480 e. The van der Waals surface area contributed by atoms with Crippen molar-refractivity contribution in [1.29, 1.82) is 5.26 Å². The van der Waals surface area contributed by atoms with Crippen molar-refractivity contribution in [2.45, 2.75) is 31.2 Å². The van der Waals surface area contributed by atoms with Gasteiger partial charge in [-0.1, -0.05) is 18.5 Å². The molecule has 2 aromatic heterocycles. The van der Waals surface area contributed by atoms with Crippen molar-refractivity contribution in [3.8, 4) is 23.2 Å². The van der Waals surface area contributed by atoms with E-state index in [1.165, 1.54) is 26.1 Å². The summed E-state index contributed by atoms with van der Waals surface area (Å²) in [7, 11) is 1.53. The molecular formula is C26H28ClN7O2. The average Bonchev–Trinajstić information content (AvgIpc) is 3.65. The molecule has 1 aliphatic carbocycles. The third-order valence-corrected chi connectivity index (χ3v) is 6.66. The zero-order chi connectivity index (χ0) is 25.1. The van der Waals surface area contributed by atoms with Crippen LogP contribution < -0.4 is 20.7 Å². The fourth-order valence-electron chi connectivity index (χ4n) is 4.35. The van der Waals surface area contributed by atoms with Gasteiger partial charge in [-0.25, -0.2) is 15.0 Å². The Hall–Kier alpha value is -3.45. The normalized spacial score (nSPS) is 18.3. The van der Waals surface area contributed by atoms with Gasteiger partial charge < -0.3 is 25.4 Å². The zero-order valence-electron chi connectivity index (χ0n) is 20.3. The van der Waals surface area contributed by atoms with Crippen LogP contribution in [0.5, 0.6) is 5.88 Å². The highest BCUT2D eigenvalue weighted by Gasteiger charge is 2.37. The average molecular weight is 506 g/mol. The molecule has 1 saturated carbocycles. The second kappa shape index (κ2) is 10.3. The standard InChI is InChI=1S/C26H28ClN7O2/c1-26(15-36-8-7-29-19-3-4-19)14-32-23-17(12-28)9-16(10-20(23)26)21-5-6-30-25(33-21)34-22-11-18(27)13-31-24(22)35-2/h5-6,9-11,13,19,29,32H,3-4,7-8,14-15H2,1-2H3,(H,30,33,34). The van der Waals surface area contributed by atoms with Crippen LogP contribution in [0.2, 0.25) is 5.02 Å². The fraction of sp³-hybridized carbons (Fsp3) is 0.385. The monoisotopic (exact) mass is 505 g/mol. The SMILES string of the molecule is COc1ncc(Cl)cc1Nc1nccc(-c2cc(C#N)c3c(c2)C(C)(COCCNC2CC2)CN3)n1. The van der Waals surface area contributed by atoms with Gasteiger partial charge in [0.25, 0.3) is 0 Å². The maximum atomic E-state index is 9.87. The number of methoxy groups -OCH3 is 1. The van der Waals surface area contributed by atoms with E-state index >= 15 is 0 Å². The summed E-state index contributed by atoms with van der Waals surface area (Å²) < 4.78 is 11.3. The molecule has 0 radical (unpaired) electrons. The predicted molar refractivity (Wildman–Crippen MR) is 139 cm³/mol. The van der Waals surface area contributed by atoms with E-state index in [0.717, 1.165) is 23.4 Å². The maximum absolute atomic E-state index is 9.87. The van der Waals surface area contributed by atoms with Crippen LogP contribution in [0.3, 0.4) is 0 Å². The molecule has 186 valence electrons. The molecule has 3 heterocycles. The molecule has 1 unspecified atom stereocenters. The lowest BCUT2D eigenvalue weighted by atomic mass is 9.83. The molecule has 3 aromatic rings. The van der Waals surface area contributed by atoms with Crippen molar-refractivity contribution in [2.24, 2.45) is 0 Å². The van der Waals surface area contributed by atoms with Crippen LogP contribution >= 0.6 is 11.6 Å². The first-order valence-corrected chi connectivity index (χ1v) is 12.3. The first-order valence-electron chi connectivity index (χ1n) is 11.9. The molecule has 10 heteroatoms. The largest absolute Gasteiger partial charge is 0.480 e. The molecule has 1 aromatic carbocycles. The maximum Gasteiger partial charge on any atom is 0.237 e. The number of aromatic nitrogens is 3. The molecule has 3 N–H and O–H groups in total. The van der Waals surface area contributed by atoms with Crippen LogP contribution in [0.1, 0.15) is 30.9 Å². The van der Waals surface area contributed by atoms with Gasteiger partial charge >= 0.3 is 0 Å². The van der Waals surface area contributed by atoms with Gasteiger partial charge in [0.05, 0.1) is 42.3 Å². The summed E-state index contributed by atoms with van der Waals surface area (Å²) in [5, 5.41) is 20.4. The van der Waals surface area contributed by atoms with E-state index in [1.807, 2.05) is 12.1 Å². The number of nitriles is 1. The molecule has 1 aliphatic heterocycles. The Bertz CT molecular complexity index is 1310. The number of hydrogen-bond acceptors (Lipinski definition) is 9. The first-order chi connectivity index (χ1) is 17.5. The van der Waals surface area contributed by atoms with E-state index < -0.39 is 0 Å². The number of rotatable bonds is 10. The van der Waals surface area contributed by atoms with Crippen molar-refractivity contribution in [3.05, 3.63) is 52.8 Å². The number of nitrogens with one attached hydrogen (secondary N) is 3. The topological polar surface area (TPSA) is 117 Å². The Morgan fingerprint density at radius 2 is 2.14 bits per heavy atom. The third kappa shape index (κ3) is 5.21. The Balaban J connectivity index is 1.39. The van der Waals surface area contributed by atoms with Crippen molar-refractivity contribution in [2.75, 3.05) is 44.0 Å². The summed E-state index contributed by atoms with van der Waals surface area (Å²) >= 11 is 6.10. The van der Waals surface area contributed by atoms with Gasteiger partial charge in [-0.15, -0.1) is 0 Å². The van der Waals surface area contributed by atoms with Crippen LogP contribution in [-0.4, -0.2) is 54.4 Å². The van der Waals surface area contributed by atoms with Crippen molar-refractivity contribution >= 4 is 28.9 Å². The molecule has 0 bridgehead atoms. The number of anilines is 3. The molecule has 1 atom stereocenters. The lowest BCUT2D eigenvalue weighted by Crippen LogP contribution is -2.32. The molecule has 0 amide bonds. The Kier molecular flexibility index (Phi) is 6.92. The van der Waals surface area contributed by atoms with Crippen LogP contribution in [0.4, 0.5) is 17.3 Å². The number of ether oxygens (including phenoxy) is 2. The highest BCUT2D eigenvalue weighted by molar-refractivity contribution is 6.30. The molecule has 0 saturated heterocycles. The third-order valence-electron chi connectivity index (χ3n) is 6.45. The zero-order valence-corrected chi connectivity index (χ0v) is 21.0. The van der Waals surface area contributed by atoms with Crippen LogP contribution in [-0.2, 0) is 10.2 Å². The second-order valence-electron chi connectivity index (χ2n) is 9.35. The van der Waals surface area contributed by atoms with Gasteiger partial charge in [-0.2, -0.15) is 5.26 Å². The molecule has 1 fully saturated rings. The van der Waals surface area contributed by atoms with E-state index in [9.17, 15) is 5.26 Å². The highest BCUT2D eigenvalue weighted by atomic mass is 35.5. The van der Waals surface area contributed by atoms with E-state index in [0.29, 0.717) is 59.6 Å². The minimum atomic E-state index is -0.259. The highest BCUT2D eigenvalue weighted by Crippen LogP contribution is 2.41. The number of hydrogen-bond donors (Lipinski definition) is 3. The predicted octanol–water partition coefficient (Wildman–Crippen LogP) is 4.27. The van der Waals surface area contributed by atoms with E-state index in [1.54, 1.807) is 12.3 Å². The van der Waals surface area contributed by atoms with E-state index in [2.05, 4.69) is 50.0 Å². The number of benzene rings is 1. The Labute approximate surface area is 215 Å². The minimum absolute atomic E-state index is 0.259. The lowest BCUT2D eigenvalue weighted by molar-refractivity contribution is 0.0965. The fourth-order valence-corrected chi connectivity index (χ4v) is 4.51. The summed E-state index contributed by atoms with van der Waals surface area (Å²) in [6.07, 6.45) is 5.70. The van der Waals surface area contributed by atoms with Gasteiger partial charge in [0.1, 0.15) is 11.8 Å². The van der Waals surface area contributed by atoms with E-state index in [-0.39, 0.29) is 5.41 Å². The van der Waals surface area contributed by atoms with Crippen LogP contribution in [0, 0.1) is 11.3 Å². The molecular weight excluding hydrogens is 478 g/mol. The lowest BCUT2D eigenvalue weighted by Gasteiger charge is -2.24. The summed E-state index contributed by atoms with van der Waals surface area (Å²) in [6, 6.07) is 10.5. The number of pyridine rings is 1. The summed E-state index contributed by atoms with van der Waals surface area (Å²) in [5.41, 5.74) is 4.31. The smallest absolute Gasteiger partial charge is 0.237 e. The number of nitrogens with zero attached hydrogens (tertiary/aromatic N) is 4. The van der Waals surface area contributed by atoms with Crippen molar-refractivity contribution in [1.82, 2.24) is 20.3 Å². The summed E-state index contributed by atoms with van der Waals surface area (Å²) in [4.78, 5) is 13.2. The number of fused-ring (bicyclic) bond motifs is 1. The second-order valence-corrected chi connectivity index (χ2v) is 9.79. The Morgan fingerprint density at radius 1 is 1.28 bits per heavy atom. The van der Waals surface area contributed by atoms with Crippen LogP contribution in [0.15, 0.2) is 36.7 Å². The molecule has 0 spiro atoms. The van der Waals surface area contributed by atoms with Gasteiger partial charge in [0.15, 0.2) is 0 Å². The van der Waals surface area contributed by atoms with Crippen LogP contribution in [0.25, 0.3) is 11.3 Å². The molecule has 9 nitrogen and oxygen atoms in total. The number of halogens is 1. The quantitative estimate of drug-likeness (QED) is 0.347. The Morgan fingerprint density at radius 3 is 2.92 bits per heavy atom.